The summed E-state index contributed by atoms with van der Waals surface area (Å²) in [5, 5.41) is 11.5. The molecule has 2 aromatic carbocycles. The van der Waals surface area contributed by atoms with Crippen LogP contribution < -0.4 is 14.2 Å². The number of hydrogen-bond donors (Lipinski definition) is 2. The topological polar surface area (TPSA) is 101 Å². The summed E-state index contributed by atoms with van der Waals surface area (Å²) < 4.78 is 39.9. The molecule has 1 fully saturated rings. The minimum absolute atomic E-state index is 0.0699. The minimum Gasteiger partial charge on any atom is -0.486 e. The zero-order valence-electron chi connectivity index (χ0n) is 17.9. The number of aromatic nitrogens is 1. The van der Waals surface area contributed by atoms with Gasteiger partial charge in [-0.25, -0.2) is 8.42 Å². The lowest BCUT2D eigenvalue weighted by atomic mass is 10.0. The van der Waals surface area contributed by atoms with E-state index in [-0.39, 0.29) is 4.90 Å². The number of ether oxygens (including phenoxy) is 2. The van der Waals surface area contributed by atoms with Crippen LogP contribution in [0.25, 0.3) is 0 Å². The monoisotopic (exact) mass is 515 g/mol. The first-order valence-electron chi connectivity index (χ1n) is 10.4. The van der Waals surface area contributed by atoms with Crippen molar-refractivity contribution < 1.29 is 23.0 Å². The Kier molecular flexibility index (Phi) is 6.11. The lowest BCUT2D eigenvalue weighted by molar-refractivity contribution is -0.0508. The molecule has 0 radical (unpaired) electrons. The molecule has 1 saturated heterocycles. The molecule has 0 saturated carbocycles. The normalized spacial score (nSPS) is 19.8. The van der Waals surface area contributed by atoms with E-state index in [9.17, 15) is 13.5 Å². The molecule has 0 spiro atoms. The number of thiocarbonyl (C=S) groups is 1. The van der Waals surface area contributed by atoms with E-state index in [1.165, 1.54) is 23.9 Å². The molecule has 1 unspecified atom stereocenters. The van der Waals surface area contributed by atoms with Crippen LogP contribution in [0, 0.1) is 0 Å². The van der Waals surface area contributed by atoms with Gasteiger partial charge in [0.15, 0.2) is 17.2 Å². The molecular formula is C23H21N3O5S3. The van der Waals surface area contributed by atoms with Crippen LogP contribution in [0.2, 0.25) is 0 Å². The third-order valence-electron chi connectivity index (χ3n) is 5.58. The highest BCUT2D eigenvalue weighted by atomic mass is 32.2. The highest BCUT2D eigenvalue weighted by Crippen LogP contribution is 2.40. The van der Waals surface area contributed by atoms with Gasteiger partial charge in [-0.15, -0.1) is 0 Å². The Morgan fingerprint density at radius 3 is 2.50 bits per heavy atom. The average molecular weight is 516 g/mol. The number of sulfonamides is 1. The van der Waals surface area contributed by atoms with Gasteiger partial charge in [-0.2, -0.15) is 0 Å². The molecule has 3 aromatic rings. The number of fused-ring (bicyclic) bond motifs is 1. The minimum atomic E-state index is -3.84. The first kappa shape index (κ1) is 22.9. The van der Waals surface area contributed by atoms with Crippen LogP contribution in [0.4, 0.5) is 5.69 Å². The molecule has 176 valence electrons. The Hall–Kier alpha value is -2.86. The highest BCUT2D eigenvalue weighted by Gasteiger charge is 2.44. The van der Waals surface area contributed by atoms with Crippen molar-refractivity contribution in [2.75, 3.05) is 23.7 Å². The van der Waals surface area contributed by atoms with E-state index in [2.05, 4.69) is 9.71 Å². The summed E-state index contributed by atoms with van der Waals surface area (Å²) >= 11 is 6.89. The maximum absolute atomic E-state index is 12.9. The van der Waals surface area contributed by atoms with Crippen molar-refractivity contribution in [2.45, 2.75) is 17.2 Å². The van der Waals surface area contributed by atoms with Crippen LogP contribution in [0.5, 0.6) is 11.5 Å². The van der Waals surface area contributed by atoms with Gasteiger partial charge in [0.2, 0.25) is 0 Å². The van der Waals surface area contributed by atoms with Gasteiger partial charge in [0.25, 0.3) is 10.0 Å². The molecule has 2 N–H and O–H groups in total. The summed E-state index contributed by atoms with van der Waals surface area (Å²) in [4.78, 5) is 5.87. The molecule has 2 aliphatic heterocycles. The summed E-state index contributed by atoms with van der Waals surface area (Å²) in [6.07, 6.45) is 3.40. The highest BCUT2D eigenvalue weighted by molar-refractivity contribution is 8.23. The Balaban J connectivity index is 1.35. The molecule has 0 bridgehead atoms. The number of anilines is 1. The lowest BCUT2D eigenvalue weighted by Gasteiger charge is -2.34. The predicted molar refractivity (Wildman–Crippen MR) is 133 cm³/mol. The van der Waals surface area contributed by atoms with Crippen molar-refractivity contribution in [3.8, 4) is 11.5 Å². The van der Waals surface area contributed by atoms with E-state index in [4.69, 9.17) is 21.7 Å². The third-order valence-corrected chi connectivity index (χ3v) is 8.54. The van der Waals surface area contributed by atoms with Crippen molar-refractivity contribution in [1.82, 2.24) is 9.88 Å². The Labute approximate surface area is 207 Å². The molecule has 34 heavy (non-hydrogen) atoms. The zero-order chi connectivity index (χ0) is 23.8. The van der Waals surface area contributed by atoms with Gasteiger partial charge in [-0.3, -0.25) is 9.71 Å². The van der Waals surface area contributed by atoms with Crippen LogP contribution in [0.15, 0.2) is 71.9 Å². The van der Waals surface area contributed by atoms with Crippen molar-refractivity contribution in [2.24, 2.45) is 0 Å². The van der Waals surface area contributed by atoms with E-state index >= 15 is 0 Å². The van der Waals surface area contributed by atoms with E-state index < -0.39 is 15.7 Å². The molecule has 3 heterocycles. The second kappa shape index (κ2) is 9.06. The van der Waals surface area contributed by atoms with Crippen LogP contribution in [0.1, 0.15) is 11.1 Å². The van der Waals surface area contributed by atoms with Crippen molar-refractivity contribution in [3.63, 3.8) is 0 Å². The molecular weight excluding hydrogens is 494 g/mol. The molecule has 8 nitrogen and oxygen atoms in total. The summed E-state index contributed by atoms with van der Waals surface area (Å²) in [5.74, 6) is 1.29. The molecule has 2 aliphatic rings. The molecule has 0 amide bonds. The van der Waals surface area contributed by atoms with Gasteiger partial charge in [0.1, 0.15) is 17.5 Å². The quantitative estimate of drug-likeness (QED) is 0.479. The van der Waals surface area contributed by atoms with Crippen LogP contribution in [-0.2, 0) is 22.3 Å². The average Bonchev–Trinajstić information content (AvgIpc) is 3.14. The first-order valence-corrected chi connectivity index (χ1v) is 13.3. The molecule has 11 heteroatoms. The predicted octanol–water partition coefficient (Wildman–Crippen LogP) is 3.33. The van der Waals surface area contributed by atoms with E-state index in [0.717, 1.165) is 5.56 Å². The van der Waals surface area contributed by atoms with Crippen molar-refractivity contribution in [3.05, 3.63) is 78.1 Å². The maximum Gasteiger partial charge on any atom is 0.262 e. The van der Waals surface area contributed by atoms with Crippen molar-refractivity contribution in [1.29, 1.82) is 0 Å². The summed E-state index contributed by atoms with van der Waals surface area (Å²) in [5.41, 5.74) is 0.660. The van der Waals surface area contributed by atoms with Crippen LogP contribution in [0.3, 0.4) is 0 Å². The van der Waals surface area contributed by atoms with Gasteiger partial charge >= 0.3 is 0 Å². The first-order chi connectivity index (χ1) is 16.3. The number of nitrogens with one attached hydrogen (secondary N) is 1. The Morgan fingerprint density at radius 1 is 1.06 bits per heavy atom. The second-order valence-corrected chi connectivity index (χ2v) is 11.1. The second-order valence-electron chi connectivity index (χ2n) is 7.80. The van der Waals surface area contributed by atoms with Crippen LogP contribution >= 0.6 is 24.0 Å². The van der Waals surface area contributed by atoms with Gasteiger partial charge in [-0.05, 0) is 42.0 Å². The number of thioether (sulfide) groups is 1. The number of pyridine rings is 1. The molecule has 0 aliphatic carbocycles. The van der Waals surface area contributed by atoms with E-state index in [1.807, 2.05) is 12.1 Å². The Bertz CT molecular complexity index is 1320. The van der Waals surface area contributed by atoms with Gasteiger partial charge in [-0.1, -0.05) is 36.1 Å². The zero-order valence-corrected chi connectivity index (χ0v) is 20.3. The van der Waals surface area contributed by atoms with E-state index in [1.54, 1.807) is 47.6 Å². The fraction of sp³-hybridized carbons (Fsp3) is 0.217. The van der Waals surface area contributed by atoms with Crippen LogP contribution in [-0.4, -0.2) is 46.7 Å². The maximum atomic E-state index is 12.9. The summed E-state index contributed by atoms with van der Waals surface area (Å²) in [7, 11) is -3.84. The summed E-state index contributed by atoms with van der Waals surface area (Å²) in [6, 6.07) is 14.9. The summed E-state index contributed by atoms with van der Waals surface area (Å²) in [6.45, 7) is 1.23. The number of aliphatic hydroxyl groups is 1. The van der Waals surface area contributed by atoms with Gasteiger partial charge < -0.3 is 19.5 Å². The third kappa shape index (κ3) is 4.43. The van der Waals surface area contributed by atoms with Gasteiger partial charge in [0, 0.05) is 36.3 Å². The molecule has 1 aromatic heterocycles. The SMILES string of the molecule is O=S(=O)(Nc1ccc(C2(O)CSC(=S)N2Cc2ccncc2)cc1)c1ccc2c(c1)OCCO2. The number of benzene rings is 2. The number of nitrogens with zero attached hydrogens (tertiary/aromatic N) is 2. The Morgan fingerprint density at radius 2 is 1.76 bits per heavy atom. The molecule has 5 rings (SSSR count). The fourth-order valence-corrected chi connectivity index (χ4v) is 6.27. The number of rotatable bonds is 6. The smallest absolute Gasteiger partial charge is 0.262 e. The largest absolute Gasteiger partial charge is 0.486 e. The fourth-order valence-electron chi connectivity index (χ4n) is 3.78. The number of hydrogen-bond acceptors (Lipinski definition) is 8. The van der Waals surface area contributed by atoms with Gasteiger partial charge in [0.05, 0.1) is 10.6 Å². The molecule has 1 atom stereocenters. The lowest BCUT2D eigenvalue weighted by Crippen LogP contribution is -2.44. The standard InChI is InChI=1S/C23H21N3O5S3/c27-23(15-33-22(32)26(23)14-16-7-9-24-10-8-16)17-1-3-18(4-2-17)25-34(28,29)19-5-6-20-21(13-19)31-12-11-30-20/h1-10,13,25,27H,11-12,14-15H2. The van der Waals surface area contributed by atoms with E-state index in [0.29, 0.717) is 52.6 Å². The van der Waals surface area contributed by atoms with Crippen molar-refractivity contribution >= 4 is 44.0 Å².